The summed E-state index contributed by atoms with van der Waals surface area (Å²) in [4.78, 5) is 22.8. The maximum absolute atomic E-state index is 11.2. The molecule has 1 heterocycles. The molecule has 3 N–H and O–H groups in total. The zero-order chi connectivity index (χ0) is 12.3. The van der Waals surface area contributed by atoms with Gasteiger partial charge in [-0.05, 0) is 13.8 Å². The van der Waals surface area contributed by atoms with Crippen molar-refractivity contribution in [1.82, 2.24) is 5.16 Å². The van der Waals surface area contributed by atoms with Crippen LogP contribution in [0.5, 0.6) is 0 Å². The van der Waals surface area contributed by atoms with Crippen molar-refractivity contribution in [1.29, 1.82) is 0 Å². The highest BCUT2D eigenvalue weighted by Gasteiger charge is 2.24. The van der Waals surface area contributed by atoms with Gasteiger partial charge in [0.05, 0.1) is 6.42 Å². The van der Waals surface area contributed by atoms with Crippen LogP contribution in [0.15, 0.2) is 10.6 Å². The van der Waals surface area contributed by atoms with Gasteiger partial charge < -0.3 is 15.4 Å². The Morgan fingerprint density at radius 2 is 2.31 bits per heavy atom. The topological polar surface area (TPSA) is 110 Å². The second-order valence-electron chi connectivity index (χ2n) is 3.45. The fraction of sp³-hybridized carbons (Fsp3) is 0.444. The first-order valence-electron chi connectivity index (χ1n) is 4.65. The number of amides is 2. The van der Waals surface area contributed by atoms with Crippen molar-refractivity contribution in [3.8, 4) is 0 Å². The molecule has 0 aromatic carbocycles. The van der Waals surface area contributed by atoms with Gasteiger partial charge in [0.15, 0.2) is 5.82 Å². The van der Waals surface area contributed by atoms with E-state index in [1.165, 1.54) is 6.07 Å². The lowest BCUT2D eigenvalue weighted by atomic mass is 10.2. The molecule has 0 spiro atoms. The molecule has 1 atom stereocenters. The molecule has 1 unspecified atom stereocenters. The van der Waals surface area contributed by atoms with Gasteiger partial charge in [-0.1, -0.05) is 5.16 Å². The number of aryl methyl sites for hydroxylation is 1. The molecule has 1 rings (SSSR count). The molecule has 0 aliphatic rings. The van der Waals surface area contributed by atoms with Gasteiger partial charge in [-0.2, -0.15) is 0 Å². The van der Waals surface area contributed by atoms with Gasteiger partial charge in [0.25, 0.3) is 0 Å². The number of hydrogen-bond donors (Lipinski definition) is 2. The number of carbonyl (C=O) groups is 2. The second-order valence-corrected chi connectivity index (χ2v) is 3.45. The van der Waals surface area contributed by atoms with Crippen LogP contribution in [0.2, 0.25) is 0 Å². The summed E-state index contributed by atoms with van der Waals surface area (Å²) in [6, 6.07) is 0.171. The summed E-state index contributed by atoms with van der Waals surface area (Å²) in [6.07, 6.45) is -0.213. The normalized spacial score (nSPS) is 12.1. The van der Waals surface area contributed by atoms with E-state index in [9.17, 15) is 9.59 Å². The lowest BCUT2D eigenvalue weighted by Crippen LogP contribution is -2.43. The molecule has 7 nitrogen and oxygen atoms in total. The number of carboxylic acids is 1. The molecule has 0 fully saturated rings. The first-order chi connectivity index (χ1) is 7.41. The predicted octanol–water partition coefficient (Wildman–Crippen LogP) is 0.731. The van der Waals surface area contributed by atoms with Crippen molar-refractivity contribution in [2.24, 2.45) is 5.73 Å². The number of rotatable bonds is 4. The van der Waals surface area contributed by atoms with E-state index < -0.39 is 18.0 Å². The minimum absolute atomic E-state index is 0.213. The largest absolute Gasteiger partial charge is 0.481 e. The molecule has 0 aliphatic carbocycles. The summed E-state index contributed by atoms with van der Waals surface area (Å²) < 4.78 is 4.80. The highest BCUT2D eigenvalue weighted by Crippen LogP contribution is 2.17. The smallest absolute Gasteiger partial charge is 0.320 e. The van der Waals surface area contributed by atoms with Crippen LogP contribution in [0.4, 0.5) is 10.6 Å². The molecule has 0 aliphatic heterocycles. The number of hydrogen-bond acceptors (Lipinski definition) is 4. The molecule has 88 valence electrons. The number of anilines is 1. The lowest BCUT2D eigenvalue weighted by Gasteiger charge is -2.23. The van der Waals surface area contributed by atoms with Gasteiger partial charge in [0.1, 0.15) is 5.76 Å². The van der Waals surface area contributed by atoms with Gasteiger partial charge in [0, 0.05) is 12.1 Å². The number of primary amides is 1. The van der Waals surface area contributed by atoms with Crippen molar-refractivity contribution < 1.29 is 19.2 Å². The Kier molecular flexibility index (Phi) is 3.49. The number of urea groups is 1. The molecular weight excluding hydrogens is 214 g/mol. The molecule has 0 bridgehead atoms. The van der Waals surface area contributed by atoms with E-state index in [0.717, 1.165) is 4.90 Å². The fourth-order valence-electron chi connectivity index (χ4n) is 1.37. The maximum Gasteiger partial charge on any atom is 0.320 e. The van der Waals surface area contributed by atoms with E-state index in [0.29, 0.717) is 5.76 Å². The van der Waals surface area contributed by atoms with Crippen LogP contribution in [0.1, 0.15) is 19.1 Å². The third-order valence-corrected chi connectivity index (χ3v) is 2.01. The molecule has 0 saturated carbocycles. The Labute approximate surface area is 91.8 Å². The molecule has 1 aromatic rings. The number of carbonyl (C=O) groups excluding carboxylic acids is 1. The van der Waals surface area contributed by atoms with Gasteiger partial charge in [-0.15, -0.1) is 0 Å². The molecule has 1 aromatic heterocycles. The molecule has 2 amide bonds. The first kappa shape index (κ1) is 12.0. The van der Waals surface area contributed by atoms with Gasteiger partial charge in [-0.3, -0.25) is 9.69 Å². The Hall–Kier alpha value is -2.05. The van der Waals surface area contributed by atoms with Crippen molar-refractivity contribution in [3.05, 3.63) is 11.8 Å². The third-order valence-electron chi connectivity index (χ3n) is 2.01. The first-order valence-corrected chi connectivity index (χ1v) is 4.65. The van der Waals surface area contributed by atoms with E-state index in [1.54, 1.807) is 13.8 Å². The minimum Gasteiger partial charge on any atom is -0.481 e. The summed E-state index contributed by atoms with van der Waals surface area (Å²) in [5.41, 5.74) is 5.17. The van der Waals surface area contributed by atoms with E-state index in [-0.39, 0.29) is 12.2 Å². The van der Waals surface area contributed by atoms with Gasteiger partial charge in [-0.25, -0.2) is 4.79 Å². The minimum atomic E-state index is -1.01. The average molecular weight is 227 g/mol. The van der Waals surface area contributed by atoms with Crippen molar-refractivity contribution in [2.45, 2.75) is 26.3 Å². The zero-order valence-electron chi connectivity index (χ0n) is 9.01. The van der Waals surface area contributed by atoms with Crippen molar-refractivity contribution in [2.75, 3.05) is 4.90 Å². The summed E-state index contributed by atoms with van der Waals surface area (Å²) in [5, 5.41) is 12.3. The van der Waals surface area contributed by atoms with E-state index in [2.05, 4.69) is 5.16 Å². The van der Waals surface area contributed by atoms with Crippen LogP contribution < -0.4 is 10.6 Å². The molecule has 0 saturated heterocycles. The van der Waals surface area contributed by atoms with Crippen LogP contribution >= 0.6 is 0 Å². The SMILES string of the molecule is Cc1cc(N(C(N)=O)C(C)CC(=O)O)no1. The summed E-state index contributed by atoms with van der Waals surface area (Å²) >= 11 is 0. The zero-order valence-corrected chi connectivity index (χ0v) is 9.01. The van der Waals surface area contributed by atoms with Crippen molar-refractivity contribution >= 4 is 17.8 Å². The fourth-order valence-corrected chi connectivity index (χ4v) is 1.37. The molecule has 0 radical (unpaired) electrons. The highest BCUT2D eigenvalue weighted by atomic mass is 16.5. The van der Waals surface area contributed by atoms with Crippen molar-refractivity contribution in [3.63, 3.8) is 0 Å². The quantitative estimate of drug-likeness (QED) is 0.787. The Morgan fingerprint density at radius 3 is 2.69 bits per heavy atom. The Balaban J connectivity index is 2.91. The Bertz CT molecular complexity index is 401. The predicted molar refractivity (Wildman–Crippen MR) is 55.0 cm³/mol. The summed E-state index contributed by atoms with van der Waals surface area (Å²) in [5.74, 6) is -0.276. The van der Waals surface area contributed by atoms with Gasteiger partial charge >= 0.3 is 12.0 Å². The van der Waals surface area contributed by atoms with Crippen LogP contribution in [0.25, 0.3) is 0 Å². The standard InChI is InChI=1S/C9H13N3O4/c1-5(3-8(13)14)12(9(10)15)7-4-6(2)16-11-7/h4-5H,3H2,1-2H3,(H2,10,15)(H,13,14). The van der Waals surface area contributed by atoms with E-state index in [1.807, 2.05) is 0 Å². The Morgan fingerprint density at radius 1 is 1.69 bits per heavy atom. The number of carboxylic acid groups (broad SMARTS) is 1. The molecule has 7 heteroatoms. The van der Waals surface area contributed by atoms with Gasteiger partial charge in [0.2, 0.25) is 0 Å². The summed E-state index contributed by atoms with van der Waals surface area (Å²) in [6.45, 7) is 3.24. The van der Waals surface area contributed by atoms with Crippen LogP contribution in [0.3, 0.4) is 0 Å². The highest BCUT2D eigenvalue weighted by molar-refractivity contribution is 5.90. The maximum atomic E-state index is 11.2. The lowest BCUT2D eigenvalue weighted by molar-refractivity contribution is -0.137. The van der Waals surface area contributed by atoms with E-state index in [4.69, 9.17) is 15.4 Å². The number of aliphatic carboxylic acids is 1. The summed E-state index contributed by atoms with van der Waals surface area (Å²) in [7, 11) is 0. The third kappa shape index (κ3) is 2.72. The van der Waals surface area contributed by atoms with Crippen LogP contribution in [0, 0.1) is 6.92 Å². The molecular formula is C9H13N3O4. The monoisotopic (exact) mass is 227 g/mol. The van der Waals surface area contributed by atoms with E-state index >= 15 is 0 Å². The van der Waals surface area contributed by atoms with Crippen LogP contribution in [-0.4, -0.2) is 28.3 Å². The van der Waals surface area contributed by atoms with Crippen LogP contribution in [-0.2, 0) is 4.79 Å². The number of nitrogens with two attached hydrogens (primary N) is 1. The average Bonchev–Trinajstić information content (AvgIpc) is 2.49. The molecule has 16 heavy (non-hydrogen) atoms. The second kappa shape index (κ2) is 4.65. The number of nitrogens with zero attached hydrogens (tertiary/aromatic N) is 2. The number of aromatic nitrogens is 1.